The lowest BCUT2D eigenvalue weighted by Crippen LogP contribution is -2.24. The summed E-state index contributed by atoms with van der Waals surface area (Å²) in [6.07, 6.45) is -0.516. The zero-order chi connectivity index (χ0) is 11.8. The van der Waals surface area contributed by atoms with Gasteiger partial charge in [-0.3, -0.25) is 0 Å². The maximum atomic E-state index is 9.72. The second-order valence-electron chi connectivity index (χ2n) is 4.34. The lowest BCUT2D eigenvalue weighted by Gasteiger charge is -2.10. The van der Waals surface area contributed by atoms with E-state index < -0.39 is 12.2 Å². The van der Waals surface area contributed by atoms with Gasteiger partial charge in [0.05, 0.1) is 18.8 Å². The minimum Gasteiger partial charge on any atom is -0.394 e. The third kappa shape index (κ3) is 1.98. The van der Waals surface area contributed by atoms with Crippen LogP contribution in [0.1, 0.15) is 17.4 Å². The molecule has 0 unspecified atom stereocenters. The van der Waals surface area contributed by atoms with E-state index in [4.69, 9.17) is 9.84 Å². The lowest BCUT2D eigenvalue weighted by atomic mass is 10.1. The standard InChI is InChI=1S/C13H14O3S/c14-7-11-9(15)6-10(16-11)13-5-8-3-1-2-4-12(8)17-13/h1-5,9-11,14-15H,6-7H2/t9-,10+,11+/m0/s1. The smallest absolute Gasteiger partial charge is 0.107 e. The van der Waals surface area contributed by atoms with Gasteiger partial charge in [-0.25, -0.2) is 0 Å². The van der Waals surface area contributed by atoms with E-state index in [0.29, 0.717) is 6.42 Å². The minimum absolute atomic E-state index is 0.0838. The predicted molar refractivity (Wildman–Crippen MR) is 67.1 cm³/mol. The van der Waals surface area contributed by atoms with E-state index in [1.165, 1.54) is 10.1 Å². The number of rotatable bonds is 2. The van der Waals surface area contributed by atoms with Gasteiger partial charge in [-0.05, 0) is 17.5 Å². The topological polar surface area (TPSA) is 49.7 Å². The monoisotopic (exact) mass is 250 g/mol. The molecule has 0 spiro atoms. The molecule has 90 valence electrons. The van der Waals surface area contributed by atoms with E-state index in [-0.39, 0.29) is 12.7 Å². The lowest BCUT2D eigenvalue weighted by molar-refractivity contribution is -0.0216. The van der Waals surface area contributed by atoms with E-state index in [1.54, 1.807) is 11.3 Å². The molecule has 1 aromatic carbocycles. The fraction of sp³-hybridized carbons (Fsp3) is 0.385. The number of hydrogen-bond acceptors (Lipinski definition) is 4. The molecule has 1 fully saturated rings. The van der Waals surface area contributed by atoms with Crippen LogP contribution in [0.5, 0.6) is 0 Å². The van der Waals surface area contributed by atoms with Crippen LogP contribution >= 0.6 is 11.3 Å². The summed E-state index contributed by atoms with van der Waals surface area (Å²) in [5.74, 6) is 0. The Morgan fingerprint density at radius 3 is 2.88 bits per heavy atom. The van der Waals surface area contributed by atoms with Gasteiger partial charge in [0.2, 0.25) is 0 Å². The SMILES string of the molecule is OC[C@H]1O[C@@H](c2cc3ccccc3s2)C[C@@H]1O. The first-order chi connectivity index (χ1) is 8.28. The molecule has 1 aromatic heterocycles. The zero-order valence-electron chi connectivity index (χ0n) is 9.24. The summed E-state index contributed by atoms with van der Waals surface area (Å²) in [6, 6.07) is 10.3. The van der Waals surface area contributed by atoms with Crippen molar-refractivity contribution in [3.8, 4) is 0 Å². The van der Waals surface area contributed by atoms with Gasteiger partial charge < -0.3 is 14.9 Å². The van der Waals surface area contributed by atoms with Crippen molar-refractivity contribution in [2.24, 2.45) is 0 Å². The van der Waals surface area contributed by atoms with Gasteiger partial charge >= 0.3 is 0 Å². The molecule has 1 aliphatic heterocycles. The Kier molecular flexibility index (Phi) is 2.88. The van der Waals surface area contributed by atoms with Gasteiger partial charge in [-0.1, -0.05) is 18.2 Å². The van der Waals surface area contributed by atoms with Crippen LogP contribution in [0.25, 0.3) is 10.1 Å². The third-order valence-corrected chi connectivity index (χ3v) is 4.37. The van der Waals surface area contributed by atoms with Crippen molar-refractivity contribution in [2.45, 2.75) is 24.7 Å². The molecule has 3 atom stereocenters. The molecule has 2 heterocycles. The van der Waals surface area contributed by atoms with Gasteiger partial charge in [0.25, 0.3) is 0 Å². The molecule has 0 aliphatic carbocycles. The second kappa shape index (κ2) is 4.38. The van der Waals surface area contributed by atoms with E-state index in [0.717, 1.165) is 4.88 Å². The molecule has 2 aromatic rings. The van der Waals surface area contributed by atoms with Crippen LogP contribution in [0.15, 0.2) is 30.3 Å². The second-order valence-corrected chi connectivity index (χ2v) is 5.45. The van der Waals surface area contributed by atoms with Gasteiger partial charge in [-0.15, -0.1) is 11.3 Å². The zero-order valence-corrected chi connectivity index (χ0v) is 10.1. The van der Waals surface area contributed by atoms with E-state index >= 15 is 0 Å². The van der Waals surface area contributed by atoms with Crippen molar-refractivity contribution in [1.29, 1.82) is 0 Å². The average molecular weight is 250 g/mol. The highest BCUT2D eigenvalue weighted by Crippen LogP contribution is 2.38. The first kappa shape index (κ1) is 11.2. The summed E-state index contributed by atoms with van der Waals surface area (Å²) in [7, 11) is 0. The normalized spacial score (nSPS) is 28.9. The van der Waals surface area contributed by atoms with Crippen LogP contribution in [0, 0.1) is 0 Å². The summed E-state index contributed by atoms with van der Waals surface area (Å²) in [4.78, 5) is 1.13. The summed E-state index contributed by atoms with van der Waals surface area (Å²) in [6.45, 7) is -0.122. The maximum absolute atomic E-state index is 9.72. The molecular formula is C13H14O3S. The van der Waals surface area contributed by atoms with Crippen molar-refractivity contribution in [3.63, 3.8) is 0 Å². The number of aliphatic hydroxyl groups excluding tert-OH is 2. The molecule has 4 heteroatoms. The van der Waals surface area contributed by atoms with E-state index in [2.05, 4.69) is 18.2 Å². The molecule has 3 nitrogen and oxygen atoms in total. The van der Waals surface area contributed by atoms with Crippen molar-refractivity contribution in [1.82, 2.24) is 0 Å². The molecule has 0 radical (unpaired) electrons. The molecule has 2 N–H and O–H groups in total. The molecule has 0 amide bonds. The highest BCUT2D eigenvalue weighted by atomic mass is 32.1. The molecular weight excluding hydrogens is 236 g/mol. The summed E-state index contributed by atoms with van der Waals surface area (Å²) < 4.78 is 6.88. The largest absolute Gasteiger partial charge is 0.394 e. The first-order valence-electron chi connectivity index (χ1n) is 5.71. The van der Waals surface area contributed by atoms with Gasteiger partial charge in [0.15, 0.2) is 0 Å². The van der Waals surface area contributed by atoms with Crippen molar-refractivity contribution in [2.75, 3.05) is 6.61 Å². The van der Waals surface area contributed by atoms with Crippen molar-refractivity contribution >= 4 is 21.4 Å². The predicted octanol–water partition coefficient (Wildman–Crippen LogP) is 2.08. The summed E-state index contributed by atoms with van der Waals surface area (Å²) >= 11 is 1.69. The third-order valence-electron chi connectivity index (χ3n) is 3.17. The Hall–Kier alpha value is -0.940. The fourth-order valence-electron chi connectivity index (χ4n) is 2.24. The Bertz CT molecular complexity index is 489. The number of aliphatic hydroxyl groups is 2. The van der Waals surface area contributed by atoms with E-state index in [9.17, 15) is 5.11 Å². The maximum Gasteiger partial charge on any atom is 0.107 e. The van der Waals surface area contributed by atoms with Crippen molar-refractivity contribution < 1.29 is 14.9 Å². The number of hydrogen-bond donors (Lipinski definition) is 2. The molecule has 17 heavy (non-hydrogen) atoms. The number of benzene rings is 1. The van der Waals surface area contributed by atoms with Crippen LogP contribution < -0.4 is 0 Å². The minimum atomic E-state index is -0.560. The Morgan fingerprint density at radius 2 is 2.18 bits per heavy atom. The van der Waals surface area contributed by atoms with Gasteiger partial charge in [0, 0.05) is 16.0 Å². The molecule has 1 aliphatic rings. The molecule has 1 saturated heterocycles. The summed E-state index contributed by atoms with van der Waals surface area (Å²) in [5.41, 5.74) is 0. The Morgan fingerprint density at radius 1 is 1.35 bits per heavy atom. The van der Waals surface area contributed by atoms with Crippen LogP contribution in [-0.2, 0) is 4.74 Å². The fourth-order valence-corrected chi connectivity index (χ4v) is 3.35. The van der Waals surface area contributed by atoms with Crippen LogP contribution in [0.3, 0.4) is 0 Å². The van der Waals surface area contributed by atoms with Crippen LogP contribution in [0.4, 0.5) is 0 Å². The van der Waals surface area contributed by atoms with Gasteiger partial charge in [-0.2, -0.15) is 0 Å². The van der Waals surface area contributed by atoms with Crippen molar-refractivity contribution in [3.05, 3.63) is 35.2 Å². The number of ether oxygens (including phenoxy) is 1. The Labute approximate surface area is 103 Å². The highest BCUT2D eigenvalue weighted by Gasteiger charge is 2.34. The average Bonchev–Trinajstić information content (AvgIpc) is 2.91. The first-order valence-corrected chi connectivity index (χ1v) is 6.52. The van der Waals surface area contributed by atoms with Crippen LogP contribution in [0.2, 0.25) is 0 Å². The Balaban J connectivity index is 1.89. The highest BCUT2D eigenvalue weighted by molar-refractivity contribution is 7.19. The van der Waals surface area contributed by atoms with Crippen LogP contribution in [-0.4, -0.2) is 29.0 Å². The molecule has 3 rings (SSSR count). The number of thiophene rings is 1. The molecule has 0 saturated carbocycles. The molecule has 0 bridgehead atoms. The van der Waals surface area contributed by atoms with E-state index in [1.807, 2.05) is 12.1 Å². The van der Waals surface area contributed by atoms with Gasteiger partial charge in [0.1, 0.15) is 6.10 Å². The number of fused-ring (bicyclic) bond motifs is 1. The summed E-state index contributed by atoms with van der Waals surface area (Å²) in [5, 5.41) is 20.0. The quantitative estimate of drug-likeness (QED) is 0.858.